The maximum Gasteiger partial charge on any atom is 0.261 e. The minimum Gasteiger partial charge on any atom is -0.391 e. The lowest BCUT2D eigenvalue weighted by atomic mass is 9.96. The summed E-state index contributed by atoms with van der Waals surface area (Å²) in [5.41, 5.74) is 8.20. The van der Waals surface area contributed by atoms with Gasteiger partial charge >= 0.3 is 0 Å². The standard InChI is InChI=1S/C27H25N5O3.C24H23N3O3/c1-31-14-19(13-30-31)17-6-7-20(28-12-17)10-18-11-23-26(22-5-3-2-4-21(18)22)29-16-32(27(23)34)24-8-9-35-15-25(24)33;1-15-10-16(6-8-25-15)11-17-12-20-23(19-5-3-2-4-18(17)19)26-14-27(24(20)29)21-13-30-9-7-22(21)28/h2-7,11-14,16,24-25,33H,8-10,15H2,1H3;2-6,8,10,12,14,21-22,28H,7,9,11,13H2,1H3/t24-,25-;21-,22-/m00/s1. The maximum atomic E-state index is 13.6. The molecule has 4 atom stereocenters. The van der Waals surface area contributed by atoms with Crippen LogP contribution >= 0.6 is 0 Å². The highest BCUT2D eigenvalue weighted by Crippen LogP contribution is 2.31. The van der Waals surface area contributed by atoms with Gasteiger partial charge in [-0.05, 0) is 84.0 Å². The van der Waals surface area contributed by atoms with E-state index in [9.17, 15) is 19.8 Å². The zero-order valence-corrected chi connectivity index (χ0v) is 36.1. The molecule has 14 nitrogen and oxygen atoms in total. The van der Waals surface area contributed by atoms with Crippen molar-refractivity contribution in [2.24, 2.45) is 7.05 Å². The first kappa shape index (κ1) is 42.0. The molecule has 0 aliphatic carbocycles. The third-order valence-electron chi connectivity index (χ3n) is 12.6. The number of aliphatic hydroxyl groups excluding tert-OH is 2. The Balaban J connectivity index is 0.000000155. The van der Waals surface area contributed by atoms with E-state index in [-0.39, 0.29) is 23.8 Å². The van der Waals surface area contributed by atoms with Crippen LogP contribution in [0.1, 0.15) is 53.0 Å². The molecule has 0 unspecified atom stereocenters. The summed E-state index contributed by atoms with van der Waals surface area (Å²) < 4.78 is 15.7. The van der Waals surface area contributed by atoms with Crippen LogP contribution in [0.3, 0.4) is 0 Å². The highest BCUT2D eigenvalue weighted by atomic mass is 16.5. The van der Waals surface area contributed by atoms with Gasteiger partial charge in [0.05, 0.1) is 78.2 Å². The van der Waals surface area contributed by atoms with Crippen molar-refractivity contribution < 1.29 is 19.7 Å². The lowest BCUT2D eigenvalue weighted by Crippen LogP contribution is -2.39. The van der Waals surface area contributed by atoms with E-state index in [1.165, 1.54) is 4.57 Å². The lowest BCUT2D eigenvalue weighted by molar-refractivity contribution is -0.0395. The highest BCUT2D eigenvalue weighted by molar-refractivity contribution is 6.07. The number of benzene rings is 4. The summed E-state index contributed by atoms with van der Waals surface area (Å²) in [6.07, 6.45) is 11.6. The van der Waals surface area contributed by atoms with Gasteiger partial charge in [-0.2, -0.15) is 5.10 Å². The van der Waals surface area contributed by atoms with Gasteiger partial charge in [-0.1, -0.05) is 54.6 Å². The van der Waals surface area contributed by atoms with Gasteiger partial charge in [-0.25, -0.2) is 9.97 Å². The molecule has 14 heteroatoms. The molecular formula is C51H48N8O6. The first-order valence-corrected chi connectivity index (χ1v) is 21.9. The molecule has 2 fully saturated rings. The highest BCUT2D eigenvalue weighted by Gasteiger charge is 2.28. The zero-order chi connectivity index (χ0) is 44.6. The molecule has 0 spiro atoms. The van der Waals surface area contributed by atoms with Gasteiger partial charge in [-0.3, -0.25) is 33.4 Å². The Labute approximate surface area is 373 Å². The van der Waals surface area contributed by atoms with Crippen LogP contribution in [-0.2, 0) is 29.4 Å². The number of ether oxygens (including phenoxy) is 2. The monoisotopic (exact) mass is 868 g/mol. The largest absolute Gasteiger partial charge is 0.391 e. The van der Waals surface area contributed by atoms with E-state index in [0.29, 0.717) is 67.3 Å². The van der Waals surface area contributed by atoms with Crippen molar-refractivity contribution in [1.29, 1.82) is 0 Å². The Bertz CT molecular complexity index is 3330. The minimum atomic E-state index is -0.733. The van der Waals surface area contributed by atoms with Gasteiger partial charge in [0.25, 0.3) is 11.1 Å². The maximum absolute atomic E-state index is 13.6. The summed E-state index contributed by atoms with van der Waals surface area (Å²) in [5.74, 6) is 0. The Morgan fingerprint density at radius 1 is 0.631 bits per heavy atom. The van der Waals surface area contributed by atoms with Crippen molar-refractivity contribution in [1.82, 2.24) is 38.9 Å². The van der Waals surface area contributed by atoms with Crippen molar-refractivity contribution in [3.63, 3.8) is 0 Å². The Morgan fingerprint density at radius 3 is 1.86 bits per heavy atom. The van der Waals surface area contributed by atoms with Crippen molar-refractivity contribution in [2.45, 2.75) is 56.9 Å². The number of aromatic nitrogens is 8. The van der Waals surface area contributed by atoms with Gasteiger partial charge < -0.3 is 19.7 Å². The predicted octanol–water partition coefficient (Wildman–Crippen LogP) is 6.42. The Kier molecular flexibility index (Phi) is 11.6. The van der Waals surface area contributed by atoms with Crippen LogP contribution in [0.2, 0.25) is 0 Å². The van der Waals surface area contributed by atoms with E-state index >= 15 is 0 Å². The van der Waals surface area contributed by atoms with Crippen molar-refractivity contribution >= 4 is 43.4 Å². The van der Waals surface area contributed by atoms with Gasteiger partial charge in [-0.15, -0.1) is 0 Å². The van der Waals surface area contributed by atoms with E-state index in [1.54, 1.807) is 21.9 Å². The number of fused-ring (bicyclic) bond motifs is 6. The van der Waals surface area contributed by atoms with Gasteiger partial charge in [0.15, 0.2) is 0 Å². The summed E-state index contributed by atoms with van der Waals surface area (Å²) in [4.78, 5) is 45.3. The number of hydrogen-bond donors (Lipinski definition) is 2. The first-order valence-electron chi connectivity index (χ1n) is 21.9. The quantitative estimate of drug-likeness (QED) is 0.169. The second-order valence-corrected chi connectivity index (χ2v) is 17.0. The van der Waals surface area contributed by atoms with Crippen LogP contribution in [-0.4, -0.2) is 87.7 Å². The van der Waals surface area contributed by atoms with E-state index in [0.717, 1.165) is 60.8 Å². The Hall–Kier alpha value is -6.97. The summed E-state index contributed by atoms with van der Waals surface area (Å²) in [7, 11) is 1.89. The Morgan fingerprint density at radius 2 is 1.26 bits per heavy atom. The lowest BCUT2D eigenvalue weighted by Gasteiger charge is -2.29. The molecular weight excluding hydrogens is 821 g/mol. The third-order valence-corrected chi connectivity index (χ3v) is 12.6. The fourth-order valence-electron chi connectivity index (χ4n) is 9.28. The van der Waals surface area contributed by atoms with Crippen LogP contribution in [0.25, 0.3) is 54.5 Å². The number of rotatable bonds is 7. The predicted molar refractivity (Wildman–Crippen MR) is 249 cm³/mol. The van der Waals surface area contributed by atoms with E-state index in [2.05, 4.69) is 43.2 Å². The van der Waals surface area contributed by atoms with Crippen molar-refractivity contribution in [3.8, 4) is 11.1 Å². The van der Waals surface area contributed by atoms with E-state index in [1.807, 2.05) is 105 Å². The third kappa shape index (κ3) is 8.33. The zero-order valence-electron chi connectivity index (χ0n) is 36.1. The molecule has 0 amide bonds. The normalized spacial score (nSPS) is 18.8. The molecule has 7 heterocycles. The first-order chi connectivity index (χ1) is 31.7. The van der Waals surface area contributed by atoms with Crippen LogP contribution in [0, 0.1) is 6.92 Å². The molecule has 0 radical (unpaired) electrons. The van der Waals surface area contributed by atoms with Gasteiger partial charge in [0, 0.05) is 78.6 Å². The number of nitrogens with zero attached hydrogens (tertiary/aromatic N) is 8. The molecule has 2 N–H and O–H groups in total. The molecule has 0 bridgehead atoms. The van der Waals surface area contributed by atoms with E-state index < -0.39 is 18.2 Å². The van der Waals surface area contributed by atoms with Crippen LogP contribution < -0.4 is 11.1 Å². The molecule has 5 aromatic heterocycles. The smallest absolute Gasteiger partial charge is 0.261 e. The van der Waals surface area contributed by atoms with Gasteiger partial charge in [0.1, 0.15) is 0 Å². The molecule has 65 heavy (non-hydrogen) atoms. The van der Waals surface area contributed by atoms with Gasteiger partial charge in [0.2, 0.25) is 0 Å². The second kappa shape index (κ2) is 17.9. The molecule has 0 saturated carbocycles. The molecule has 2 aliphatic heterocycles. The number of aryl methyl sites for hydroxylation is 2. The fraction of sp³-hybridized carbons (Fsp3) is 0.275. The summed E-state index contributed by atoms with van der Waals surface area (Å²) in [6.45, 7) is 3.52. The summed E-state index contributed by atoms with van der Waals surface area (Å²) in [6, 6.07) is 27.3. The fourth-order valence-corrected chi connectivity index (χ4v) is 9.28. The van der Waals surface area contributed by atoms with E-state index in [4.69, 9.17) is 9.47 Å². The summed E-state index contributed by atoms with van der Waals surface area (Å²) in [5, 5.41) is 30.2. The van der Waals surface area contributed by atoms with Crippen LogP contribution in [0.15, 0.2) is 132 Å². The second-order valence-electron chi connectivity index (χ2n) is 17.0. The molecule has 328 valence electrons. The SMILES string of the molecule is Cc1cc(Cc2cc3c(=O)n([C@H]4COCC[C@@H]4O)cnc3c3ccccc23)ccn1.Cn1cc(-c2ccc(Cc3cc4c(=O)n([C@H]5CCOC[C@@H]5O)cnc4c4ccccc34)nc2)cn1. The van der Waals surface area contributed by atoms with Crippen LogP contribution in [0.4, 0.5) is 0 Å². The average molecular weight is 869 g/mol. The van der Waals surface area contributed by atoms with Crippen molar-refractivity contribution in [2.75, 3.05) is 26.4 Å². The average Bonchev–Trinajstić information content (AvgIpc) is 3.77. The topological polar surface area (TPSA) is 172 Å². The number of pyridine rings is 2. The number of hydrogen-bond acceptors (Lipinski definition) is 11. The van der Waals surface area contributed by atoms with Crippen molar-refractivity contribution in [3.05, 3.63) is 171 Å². The molecule has 2 saturated heterocycles. The molecule has 4 aromatic carbocycles. The van der Waals surface area contributed by atoms with Crippen LogP contribution in [0.5, 0.6) is 0 Å². The number of aliphatic hydroxyl groups is 2. The summed E-state index contributed by atoms with van der Waals surface area (Å²) >= 11 is 0. The molecule has 2 aliphatic rings. The molecule has 11 rings (SSSR count). The molecule has 9 aromatic rings. The minimum absolute atomic E-state index is 0.146.